The molecule has 1 aliphatic heterocycles. The number of rotatable bonds is 9. The number of nitrogens with zero attached hydrogens (tertiary/aromatic N) is 2. The van der Waals surface area contributed by atoms with E-state index in [0.29, 0.717) is 12.5 Å². The number of hydrogen-bond acceptors (Lipinski definition) is 4. The van der Waals surface area contributed by atoms with Crippen molar-refractivity contribution in [3.05, 3.63) is 0 Å². The van der Waals surface area contributed by atoms with Gasteiger partial charge in [0.05, 0.1) is 13.2 Å². The number of carbonyl (C=O) groups is 1. The summed E-state index contributed by atoms with van der Waals surface area (Å²) in [6.45, 7) is 11.3. The van der Waals surface area contributed by atoms with Gasteiger partial charge in [-0.2, -0.15) is 0 Å². The van der Waals surface area contributed by atoms with Crippen molar-refractivity contribution < 1.29 is 9.53 Å². The number of ether oxygens (including phenoxy) is 1. The third kappa shape index (κ3) is 11.5. The van der Waals surface area contributed by atoms with Crippen LogP contribution in [0.4, 0.5) is 0 Å². The molecule has 0 bridgehead atoms. The summed E-state index contributed by atoms with van der Waals surface area (Å²) >= 11 is 0. The highest BCUT2D eigenvalue weighted by molar-refractivity contribution is 14.0. The van der Waals surface area contributed by atoms with Gasteiger partial charge >= 0.3 is 0 Å². The molecule has 0 aromatic carbocycles. The first kappa shape index (κ1) is 22.4. The van der Waals surface area contributed by atoms with Crippen molar-refractivity contribution in [1.82, 2.24) is 20.9 Å². The van der Waals surface area contributed by atoms with Crippen molar-refractivity contribution >= 4 is 35.8 Å². The molecule has 1 rings (SSSR count). The van der Waals surface area contributed by atoms with Crippen molar-refractivity contribution in [3.8, 4) is 0 Å². The van der Waals surface area contributed by atoms with Crippen molar-refractivity contribution in [3.63, 3.8) is 0 Å². The van der Waals surface area contributed by atoms with E-state index in [9.17, 15) is 4.79 Å². The molecule has 3 N–H and O–H groups in total. The molecule has 0 aromatic rings. The van der Waals surface area contributed by atoms with Crippen LogP contribution in [-0.4, -0.2) is 75.8 Å². The van der Waals surface area contributed by atoms with E-state index in [1.54, 1.807) is 0 Å². The highest BCUT2D eigenvalue weighted by Crippen LogP contribution is 1.97. The molecule has 1 heterocycles. The van der Waals surface area contributed by atoms with Gasteiger partial charge in [0.15, 0.2) is 5.96 Å². The zero-order chi connectivity index (χ0) is 16.0. The molecule has 0 unspecified atom stereocenters. The maximum Gasteiger partial charge on any atom is 0.241 e. The Morgan fingerprint density at radius 3 is 2.52 bits per heavy atom. The standard InChI is InChI=1S/C15H31N5O2.HI/c1-3-6-17-14(21)13-19-15(16-4-2)18-7-5-8-20-9-11-22-12-10-20;/h3-13H2,1-2H3,(H,17,21)(H2,16,18,19);1H. The Hall–Kier alpha value is -0.610. The molecule has 0 saturated carbocycles. The number of hydrogen-bond donors (Lipinski definition) is 3. The van der Waals surface area contributed by atoms with Gasteiger partial charge in [-0.25, -0.2) is 4.99 Å². The number of morpholine rings is 1. The van der Waals surface area contributed by atoms with Crippen LogP contribution in [0.1, 0.15) is 26.7 Å². The lowest BCUT2D eigenvalue weighted by Crippen LogP contribution is -2.41. The van der Waals surface area contributed by atoms with Gasteiger partial charge in [-0.3, -0.25) is 9.69 Å². The van der Waals surface area contributed by atoms with E-state index in [1.165, 1.54) is 0 Å². The predicted octanol–water partition coefficient (Wildman–Crippen LogP) is 0.408. The fraction of sp³-hybridized carbons (Fsp3) is 0.867. The molecule has 0 aromatic heterocycles. The molecule has 8 heteroatoms. The van der Waals surface area contributed by atoms with Crippen LogP contribution in [0.5, 0.6) is 0 Å². The molecule has 1 fully saturated rings. The van der Waals surface area contributed by atoms with Gasteiger partial charge < -0.3 is 20.7 Å². The molecule has 1 amide bonds. The van der Waals surface area contributed by atoms with E-state index in [0.717, 1.165) is 58.8 Å². The fourth-order valence-electron chi connectivity index (χ4n) is 2.15. The first-order valence-electron chi connectivity index (χ1n) is 8.35. The molecule has 0 atom stereocenters. The van der Waals surface area contributed by atoms with Crippen LogP contribution in [0.25, 0.3) is 0 Å². The van der Waals surface area contributed by atoms with Crippen molar-refractivity contribution in [2.45, 2.75) is 26.7 Å². The normalized spacial score (nSPS) is 15.7. The Labute approximate surface area is 157 Å². The van der Waals surface area contributed by atoms with Crippen molar-refractivity contribution in [1.29, 1.82) is 0 Å². The molecule has 0 aliphatic carbocycles. The summed E-state index contributed by atoms with van der Waals surface area (Å²) < 4.78 is 5.33. The second kappa shape index (κ2) is 14.9. The summed E-state index contributed by atoms with van der Waals surface area (Å²) in [4.78, 5) is 18.3. The lowest BCUT2D eigenvalue weighted by molar-refractivity contribution is -0.119. The minimum atomic E-state index is -0.0348. The quantitative estimate of drug-likeness (QED) is 0.209. The first-order valence-corrected chi connectivity index (χ1v) is 8.35. The van der Waals surface area contributed by atoms with Gasteiger partial charge in [-0.15, -0.1) is 24.0 Å². The van der Waals surface area contributed by atoms with Gasteiger partial charge in [0.25, 0.3) is 0 Å². The molecular weight excluding hydrogens is 409 g/mol. The van der Waals surface area contributed by atoms with E-state index in [1.807, 2.05) is 13.8 Å². The molecule has 23 heavy (non-hydrogen) atoms. The summed E-state index contributed by atoms with van der Waals surface area (Å²) in [6, 6.07) is 0. The third-order valence-electron chi connectivity index (χ3n) is 3.34. The average Bonchev–Trinajstić information content (AvgIpc) is 2.55. The van der Waals surface area contributed by atoms with Crippen LogP contribution >= 0.6 is 24.0 Å². The molecular formula is C15H32IN5O2. The van der Waals surface area contributed by atoms with Crippen molar-refractivity contribution in [2.24, 2.45) is 4.99 Å². The third-order valence-corrected chi connectivity index (χ3v) is 3.34. The molecule has 136 valence electrons. The Morgan fingerprint density at radius 2 is 1.87 bits per heavy atom. The van der Waals surface area contributed by atoms with E-state index in [-0.39, 0.29) is 36.4 Å². The smallest absolute Gasteiger partial charge is 0.241 e. The van der Waals surface area contributed by atoms with Gasteiger partial charge in [-0.05, 0) is 26.3 Å². The second-order valence-corrected chi connectivity index (χ2v) is 5.28. The number of halogens is 1. The van der Waals surface area contributed by atoms with Gasteiger partial charge in [0.2, 0.25) is 5.91 Å². The SMILES string of the molecule is CCCNC(=O)CN=C(NCC)NCCCN1CCOCC1.I. The highest BCUT2D eigenvalue weighted by atomic mass is 127. The number of amides is 1. The summed E-state index contributed by atoms with van der Waals surface area (Å²) in [6.07, 6.45) is 1.99. The lowest BCUT2D eigenvalue weighted by Gasteiger charge is -2.26. The summed E-state index contributed by atoms with van der Waals surface area (Å²) in [5.41, 5.74) is 0. The number of nitrogens with one attached hydrogen (secondary N) is 3. The van der Waals surface area contributed by atoms with Crippen LogP contribution in [0.2, 0.25) is 0 Å². The van der Waals surface area contributed by atoms with E-state index >= 15 is 0 Å². The maximum absolute atomic E-state index is 11.6. The predicted molar refractivity (Wildman–Crippen MR) is 105 cm³/mol. The Kier molecular flexibility index (Phi) is 14.6. The van der Waals surface area contributed by atoms with Crippen LogP contribution in [0.15, 0.2) is 4.99 Å². The molecule has 0 spiro atoms. The van der Waals surface area contributed by atoms with E-state index < -0.39 is 0 Å². The molecule has 1 aliphatic rings. The number of guanidine groups is 1. The van der Waals surface area contributed by atoms with Crippen molar-refractivity contribution in [2.75, 3.05) is 59.0 Å². The van der Waals surface area contributed by atoms with Crippen LogP contribution in [0, 0.1) is 0 Å². The van der Waals surface area contributed by atoms with Gasteiger partial charge in [0, 0.05) is 32.7 Å². The summed E-state index contributed by atoms with van der Waals surface area (Å²) in [5, 5.41) is 9.25. The molecule has 1 saturated heterocycles. The minimum absolute atomic E-state index is 0. The minimum Gasteiger partial charge on any atom is -0.379 e. The topological polar surface area (TPSA) is 78.0 Å². The zero-order valence-electron chi connectivity index (χ0n) is 14.4. The fourth-order valence-corrected chi connectivity index (χ4v) is 2.15. The van der Waals surface area contributed by atoms with Gasteiger partial charge in [-0.1, -0.05) is 6.92 Å². The van der Waals surface area contributed by atoms with Crippen LogP contribution in [0.3, 0.4) is 0 Å². The first-order chi connectivity index (χ1) is 10.8. The Balaban J connectivity index is 0.00000484. The monoisotopic (exact) mass is 441 g/mol. The summed E-state index contributed by atoms with van der Waals surface area (Å²) in [7, 11) is 0. The largest absolute Gasteiger partial charge is 0.379 e. The lowest BCUT2D eigenvalue weighted by atomic mass is 10.3. The Morgan fingerprint density at radius 1 is 1.13 bits per heavy atom. The zero-order valence-corrected chi connectivity index (χ0v) is 16.7. The number of aliphatic imine (C=N–C) groups is 1. The van der Waals surface area contributed by atoms with Crippen LogP contribution < -0.4 is 16.0 Å². The van der Waals surface area contributed by atoms with Crippen LogP contribution in [-0.2, 0) is 9.53 Å². The molecule has 7 nitrogen and oxygen atoms in total. The van der Waals surface area contributed by atoms with Gasteiger partial charge in [0.1, 0.15) is 6.54 Å². The summed E-state index contributed by atoms with van der Waals surface area (Å²) in [5.74, 6) is 0.670. The Bertz CT molecular complexity index is 336. The van der Waals surface area contributed by atoms with E-state index in [2.05, 4.69) is 25.8 Å². The maximum atomic E-state index is 11.6. The average molecular weight is 441 g/mol. The number of carbonyl (C=O) groups excluding carboxylic acids is 1. The second-order valence-electron chi connectivity index (χ2n) is 5.28. The van der Waals surface area contributed by atoms with E-state index in [4.69, 9.17) is 4.74 Å². The molecule has 0 radical (unpaired) electrons. The highest BCUT2D eigenvalue weighted by Gasteiger charge is 2.09.